The Morgan fingerprint density at radius 1 is 1.19 bits per heavy atom. The summed E-state index contributed by atoms with van der Waals surface area (Å²) >= 11 is 13.7. The van der Waals surface area contributed by atoms with Crippen molar-refractivity contribution in [1.29, 1.82) is 0 Å². The first kappa shape index (κ1) is 20.6. The molecule has 0 saturated carbocycles. The second-order valence-electron chi connectivity index (χ2n) is 5.68. The van der Waals surface area contributed by atoms with Crippen molar-refractivity contribution >= 4 is 52.3 Å². The van der Waals surface area contributed by atoms with E-state index in [1.54, 1.807) is 37.4 Å². The second-order valence-corrected chi connectivity index (χ2v) is 7.45. The van der Waals surface area contributed by atoms with Gasteiger partial charge in [0.1, 0.15) is 5.75 Å². The summed E-state index contributed by atoms with van der Waals surface area (Å²) in [6, 6.07) is 8.77. The average Bonchev–Trinajstić information content (AvgIpc) is 2.61. The van der Waals surface area contributed by atoms with Gasteiger partial charge in [0, 0.05) is 16.9 Å². The molecule has 26 heavy (non-hydrogen) atoms. The maximum atomic E-state index is 12.2. The zero-order chi connectivity index (χ0) is 19.3. The summed E-state index contributed by atoms with van der Waals surface area (Å²) in [6.07, 6.45) is 0. The van der Waals surface area contributed by atoms with Gasteiger partial charge in [-0.1, -0.05) is 29.3 Å². The summed E-state index contributed by atoms with van der Waals surface area (Å²) < 4.78 is 5.32. The van der Waals surface area contributed by atoms with Gasteiger partial charge in [-0.25, -0.2) is 0 Å². The van der Waals surface area contributed by atoms with Gasteiger partial charge in [0.15, 0.2) is 5.78 Å². The van der Waals surface area contributed by atoms with Gasteiger partial charge in [0.25, 0.3) is 0 Å². The highest BCUT2D eigenvalue weighted by molar-refractivity contribution is 7.99. The molecule has 0 fully saturated rings. The Kier molecular flexibility index (Phi) is 7.38. The quantitative estimate of drug-likeness (QED) is 0.620. The summed E-state index contributed by atoms with van der Waals surface area (Å²) in [5.41, 5.74) is 2.74. The molecule has 0 atom stereocenters. The second kappa shape index (κ2) is 9.31. The Hall–Kier alpha value is -1.69. The lowest BCUT2D eigenvalue weighted by Gasteiger charge is -2.12. The van der Waals surface area contributed by atoms with Crippen LogP contribution in [0.5, 0.6) is 5.75 Å². The predicted molar refractivity (Wildman–Crippen MR) is 109 cm³/mol. The number of carbonyl (C=O) groups is 2. The van der Waals surface area contributed by atoms with Crippen LogP contribution in [0.1, 0.15) is 28.4 Å². The first-order chi connectivity index (χ1) is 12.3. The van der Waals surface area contributed by atoms with Crippen molar-refractivity contribution in [3.63, 3.8) is 0 Å². The fourth-order valence-corrected chi connectivity index (χ4v) is 3.58. The number of aryl methyl sites for hydroxylation is 1. The minimum atomic E-state index is -0.203. The smallest absolute Gasteiger partial charge is 0.234 e. The zero-order valence-electron chi connectivity index (χ0n) is 14.7. The Balaban J connectivity index is 2.00. The van der Waals surface area contributed by atoms with Crippen LogP contribution in [0.15, 0.2) is 30.3 Å². The highest BCUT2D eigenvalue weighted by atomic mass is 35.5. The molecule has 1 N–H and O–H groups in total. The summed E-state index contributed by atoms with van der Waals surface area (Å²) in [7, 11) is 1.57. The molecule has 4 nitrogen and oxygen atoms in total. The number of ketones is 1. The molecule has 138 valence electrons. The van der Waals surface area contributed by atoms with Crippen LogP contribution < -0.4 is 10.1 Å². The minimum absolute atomic E-state index is 0.0135. The lowest BCUT2D eigenvalue weighted by molar-refractivity contribution is -0.113. The molecule has 0 aliphatic carbocycles. The molecule has 2 rings (SSSR count). The number of halogens is 2. The summed E-state index contributed by atoms with van der Waals surface area (Å²) in [6.45, 7) is 3.36. The molecule has 0 aliphatic rings. The van der Waals surface area contributed by atoms with E-state index in [0.29, 0.717) is 32.8 Å². The maximum absolute atomic E-state index is 12.2. The average molecular weight is 412 g/mol. The molecule has 0 heterocycles. The number of amides is 1. The lowest BCUT2D eigenvalue weighted by Crippen LogP contribution is -2.15. The standard InChI is InChI=1S/C19H19Cl2NO3S/c1-11-4-6-15(20)19(18(11)21)22-17(24)10-26-9-14-8-13(12(2)23)5-7-16(14)25-3/h4-8H,9-10H2,1-3H3,(H,22,24). The van der Waals surface area contributed by atoms with Crippen LogP contribution in [0, 0.1) is 6.92 Å². The summed E-state index contributed by atoms with van der Waals surface area (Å²) in [5, 5.41) is 3.59. The number of Topliss-reactive ketones (excluding diaryl/α,β-unsaturated/α-hetero) is 1. The first-order valence-corrected chi connectivity index (χ1v) is 9.74. The molecular formula is C19H19Cl2NO3S. The van der Waals surface area contributed by atoms with E-state index in [9.17, 15) is 9.59 Å². The first-order valence-electron chi connectivity index (χ1n) is 7.83. The maximum Gasteiger partial charge on any atom is 0.234 e. The predicted octanol–water partition coefficient (Wildman–Crippen LogP) is 5.38. The number of ether oxygens (including phenoxy) is 1. The van der Waals surface area contributed by atoms with E-state index >= 15 is 0 Å². The Morgan fingerprint density at radius 3 is 2.58 bits per heavy atom. The van der Waals surface area contributed by atoms with Crippen molar-refractivity contribution in [2.24, 2.45) is 0 Å². The van der Waals surface area contributed by atoms with E-state index in [0.717, 1.165) is 11.1 Å². The monoisotopic (exact) mass is 411 g/mol. The third-order valence-corrected chi connectivity index (χ3v) is 5.51. The van der Waals surface area contributed by atoms with Crippen LogP contribution in [-0.2, 0) is 10.5 Å². The molecule has 0 aromatic heterocycles. The fourth-order valence-electron chi connectivity index (χ4n) is 2.31. The van der Waals surface area contributed by atoms with Crippen LogP contribution in [0.3, 0.4) is 0 Å². The SMILES string of the molecule is COc1ccc(C(C)=O)cc1CSCC(=O)Nc1c(Cl)ccc(C)c1Cl. The largest absolute Gasteiger partial charge is 0.496 e. The Labute approximate surface area is 167 Å². The molecule has 0 spiro atoms. The van der Waals surface area contributed by atoms with Gasteiger partial charge in [-0.3, -0.25) is 9.59 Å². The molecule has 0 bridgehead atoms. The van der Waals surface area contributed by atoms with Crippen LogP contribution in [-0.4, -0.2) is 24.6 Å². The van der Waals surface area contributed by atoms with E-state index in [4.69, 9.17) is 27.9 Å². The number of thioether (sulfide) groups is 1. The minimum Gasteiger partial charge on any atom is -0.496 e. The van der Waals surface area contributed by atoms with Gasteiger partial charge in [0.2, 0.25) is 5.91 Å². The number of hydrogen-bond donors (Lipinski definition) is 1. The van der Waals surface area contributed by atoms with Gasteiger partial charge in [0.05, 0.1) is 28.6 Å². The van der Waals surface area contributed by atoms with Crippen molar-refractivity contribution in [3.8, 4) is 5.75 Å². The molecule has 2 aromatic carbocycles. The molecule has 7 heteroatoms. The van der Waals surface area contributed by atoms with Crippen molar-refractivity contribution in [3.05, 3.63) is 57.1 Å². The van der Waals surface area contributed by atoms with Crippen LogP contribution in [0.25, 0.3) is 0 Å². The van der Waals surface area contributed by atoms with Gasteiger partial charge in [-0.05, 0) is 43.7 Å². The highest BCUT2D eigenvalue weighted by Crippen LogP contribution is 2.33. The topological polar surface area (TPSA) is 55.4 Å². The number of rotatable bonds is 7. The van der Waals surface area contributed by atoms with Gasteiger partial charge in [-0.15, -0.1) is 11.8 Å². The molecular weight excluding hydrogens is 393 g/mol. The summed E-state index contributed by atoms with van der Waals surface area (Å²) in [5.74, 6) is 1.22. The highest BCUT2D eigenvalue weighted by Gasteiger charge is 2.13. The van der Waals surface area contributed by atoms with Crippen LogP contribution >= 0.6 is 35.0 Å². The van der Waals surface area contributed by atoms with Crippen LogP contribution in [0.4, 0.5) is 5.69 Å². The number of hydrogen-bond acceptors (Lipinski definition) is 4. The number of anilines is 1. The van der Waals surface area contributed by atoms with Crippen LogP contribution in [0.2, 0.25) is 10.0 Å². The van der Waals surface area contributed by atoms with Crippen molar-refractivity contribution in [2.45, 2.75) is 19.6 Å². The Morgan fingerprint density at radius 2 is 1.92 bits per heavy atom. The van der Waals surface area contributed by atoms with E-state index in [2.05, 4.69) is 5.32 Å². The number of nitrogens with one attached hydrogen (secondary N) is 1. The number of carbonyl (C=O) groups excluding carboxylic acids is 2. The molecule has 0 aliphatic heterocycles. The van der Waals surface area contributed by atoms with Gasteiger partial charge < -0.3 is 10.1 Å². The van der Waals surface area contributed by atoms with Crippen molar-refractivity contribution < 1.29 is 14.3 Å². The third kappa shape index (κ3) is 5.16. The molecule has 2 aromatic rings. The normalized spacial score (nSPS) is 10.5. The number of methoxy groups -OCH3 is 1. The molecule has 1 amide bonds. The number of benzene rings is 2. The molecule has 0 radical (unpaired) electrons. The third-order valence-electron chi connectivity index (χ3n) is 3.73. The van der Waals surface area contributed by atoms with Crippen molar-refractivity contribution in [1.82, 2.24) is 0 Å². The van der Waals surface area contributed by atoms with Gasteiger partial charge in [-0.2, -0.15) is 0 Å². The summed E-state index contributed by atoms with van der Waals surface area (Å²) in [4.78, 5) is 23.8. The molecule has 0 unspecified atom stereocenters. The van der Waals surface area contributed by atoms with E-state index in [1.807, 2.05) is 6.92 Å². The fraction of sp³-hybridized carbons (Fsp3) is 0.263. The Bertz CT molecular complexity index is 840. The van der Waals surface area contributed by atoms with E-state index in [-0.39, 0.29) is 17.4 Å². The molecule has 0 saturated heterocycles. The van der Waals surface area contributed by atoms with Gasteiger partial charge >= 0.3 is 0 Å². The zero-order valence-corrected chi connectivity index (χ0v) is 17.0. The van der Waals surface area contributed by atoms with E-state index in [1.165, 1.54) is 18.7 Å². The lowest BCUT2D eigenvalue weighted by atomic mass is 10.1. The van der Waals surface area contributed by atoms with E-state index < -0.39 is 0 Å². The van der Waals surface area contributed by atoms with Crippen molar-refractivity contribution in [2.75, 3.05) is 18.2 Å².